The van der Waals surface area contributed by atoms with Gasteiger partial charge in [0.15, 0.2) is 0 Å². The predicted octanol–water partition coefficient (Wildman–Crippen LogP) is 4.42. The van der Waals surface area contributed by atoms with E-state index in [0.717, 1.165) is 50.8 Å². The lowest BCUT2D eigenvalue weighted by Gasteiger charge is -2.30. The average Bonchev–Trinajstić information content (AvgIpc) is 2.64. The van der Waals surface area contributed by atoms with Gasteiger partial charge < -0.3 is 15.4 Å². The van der Waals surface area contributed by atoms with E-state index in [0.29, 0.717) is 0 Å². The molecule has 1 heterocycles. The van der Waals surface area contributed by atoms with Crippen LogP contribution in [-0.4, -0.2) is 29.2 Å². The summed E-state index contributed by atoms with van der Waals surface area (Å²) in [6.45, 7) is 0. The Morgan fingerprint density at radius 1 is 0.963 bits per heavy atom. The number of pyridine rings is 1. The highest BCUT2D eigenvalue weighted by Gasteiger charge is 2.31. The van der Waals surface area contributed by atoms with Crippen molar-refractivity contribution in [2.24, 2.45) is 0 Å². The Labute approximate surface area is 157 Å². The number of aromatic nitrogens is 1. The maximum Gasteiger partial charge on any atom is 0.417 e. The minimum Gasteiger partial charge on any atom is -0.474 e. The standard InChI is InChI=1S/C19H26F3N3O2/c20-19(21,22)13-6-11-17(23-12-13)27-16-9-7-15(8-10-16)25-18(26)24-14-4-2-1-3-5-14/h6,11-12,14-16H,1-5,7-10H2,(H2,24,25,26). The molecule has 0 aromatic carbocycles. The molecule has 2 saturated carbocycles. The Bertz CT molecular complexity index is 608. The van der Waals surface area contributed by atoms with Gasteiger partial charge in [0.25, 0.3) is 0 Å². The molecule has 2 N–H and O–H groups in total. The predicted molar refractivity (Wildman–Crippen MR) is 94.5 cm³/mol. The van der Waals surface area contributed by atoms with Gasteiger partial charge in [0.1, 0.15) is 6.10 Å². The fourth-order valence-corrected chi connectivity index (χ4v) is 3.77. The lowest BCUT2D eigenvalue weighted by atomic mass is 9.93. The van der Waals surface area contributed by atoms with Gasteiger partial charge in [-0.15, -0.1) is 0 Å². The lowest BCUT2D eigenvalue weighted by molar-refractivity contribution is -0.137. The molecule has 0 radical (unpaired) electrons. The van der Waals surface area contributed by atoms with E-state index in [-0.39, 0.29) is 30.1 Å². The highest BCUT2D eigenvalue weighted by molar-refractivity contribution is 5.74. The second-order valence-electron chi connectivity index (χ2n) is 7.43. The topological polar surface area (TPSA) is 63.2 Å². The Hall–Kier alpha value is -1.99. The molecule has 0 bridgehead atoms. The van der Waals surface area contributed by atoms with Crippen LogP contribution < -0.4 is 15.4 Å². The van der Waals surface area contributed by atoms with Crippen molar-refractivity contribution in [1.82, 2.24) is 15.6 Å². The van der Waals surface area contributed by atoms with Gasteiger partial charge in [-0.2, -0.15) is 13.2 Å². The van der Waals surface area contributed by atoms with Gasteiger partial charge in [-0.1, -0.05) is 19.3 Å². The van der Waals surface area contributed by atoms with Crippen LogP contribution in [0.2, 0.25) is 0 Å². The maximum absolute atomic E-state index is 12.6. The Morgan fingerprint density at radius 2 is 1.59 bits per heavy atom. The average molecular weight is 385 g/mol. The van der Waals surface area contributed by atoms with E-state index in [2.05, 4.69) is 15.6 Å². The second-order valence-corrected chi connectivity index (χ2v) is 7.43. The van der Waals surface area contributed by atoms with Gasteiger partial charge in [0.05, 0.1) is 5.56 Å². The third-order valence-corrected chi connectivity index (χ3v) is 5.30. The third-order valence-electron chi connectivity index (χ3n) is 5.30. The summed E-state index contributed by atoms with van der Waals surface area (Å²) >= 11 is 0. The zero-order chi connectivity index (χ0) is 19.3. The highest BCUT2D eigenvalue weighted by Crippen LogP contribution is 2.30. The molecule has 0 aliphatic heterocycles. The van der Waals surface area contributed by atoms with Crippen LogP contribution in [0.15, 0.2) is 18.3 Å². The molecule has 3 rings (SSSR count). The van der Waals surface area contributed by atoms with Crippen molar-refractivity contribution in [3.05, 3.63) is 23.9 Å². The molecule has 150 valence electrons. The first kappa shape index (κ1) is 19.8. The minimum absolute atomic E-state index is 0.0892. The molecule has 27 heavy (non-hydrogen) atoms. The van der Waals surface area contributed by atoms with Gasteiger partial charge >= 0.3 is 12.2 Å². The number of hydrogen-bond donors (Lipinski definition) is 2. The molecular formula is C19H26F3N3O2. The summed E-state index contributed by atoms with van der Waals surface area (Å²) in [4.78, 5) is 15.9. The third kappa shape index (κ3) is 6.01. The van der Waals surface area contributed by atoms with Crippen LogP contribution in [0, 0.1) is 0 Å². The number of carbonyl (C=O) groups is 1. The molecule has 0 spiro atoms. The van der Waals surface area contributed by atoms with Crippen LogP contribution in [0.4, 0.5) is 18.0 Å². The summed E-state index contributed by atoms with van der Waals surface area (Å²) in [6, 6.07) is 2.52. The van der Waals surface area contributed by atoms with Crippen molar-refractivity contribution in [2.45, 2.75) is 82.2 Å². The molecule has 8 heteroatoms. The van der Waals surface area contributed by atoms with Crippen LogP contribution in [0.1, 0.15) is 63.4 Å². The van der Waals surface area contributed by atoms with Crippen LogP contribution >= 0.6 is 0 Å². The summed E-state index contributed by atoms with van der Waals surface area (Å²) in [5, 5.41) is 6.08. The number of amides is 2. The van der Waals surface area contributed by atoms with E-state index in [1.165, 1.54) is 25.3 Å². The van der Waals surface area contributed by atoms with Gasteiger partial charge in [0, 0.05) is 24.3 Å². The first-order valence-corrected chi connectivity index (χ1v) is 9.67. The number of rotatable bonds is 4. The number of carbonyl (C=O) groups excluding carboxylic acids is 1. The van der Waals surface area contributed by atoms with E-state index in [4.69, 9.17) is 4.74 Å². The zero-order valence-corrected chi connectivity index (χ0v) is 15.2. The number of ether oxygens (including phenoxy) is 1. The van der Waals surface area contributed by atoms with Gasteiger partial charge in [-0.25, -0.2) is 9.78 Å². The monoisotopic (exact) mass is 385 g/mol. The first-order chi connectivity index (χ1) is 12.9. The van der Waals surface area contributed by atoms with E-state index < -0.39 is 11.7 Å². The van der Waals surface area contributed by atoms with Crippen molar-refractivity contribution < 1.29 is 22.7 Å². The molecule has 2 aliphatic carbocycles. The number of nitrogens with zero attached hydrogens (tertiary/aromatic N) is 1. The van der Waals surface area contributed by atoms with Gasteiger partial charge in [-0.3, -0.25) is 0 Å². The van der Waals surface area contributed by atoms with Crippen molar-refractivity contribution in [3.8, 4) is 5.88 Å². The molecule has 2 fully saturated rings. The largest absolute Gasteiger partial charge is 0.474 e. The highest BCUT2D eigenvalue weighted by atomic mass is 19.4. The van der Waals surface area contributed by atoms with Crippen LogP contribution in [0.5, 0.6) is 5.88 Å². The second kappa shape index (κ2) is 8.80. The molecular weight excluding hydrogens is 359 g/mol. The summed E-state index contributed by atoms with van der Waals surface area (Å²) in [5.41, 5.74) is -0.785. The molecule has 0 saturated heterocycles. The van der Waals surface area contributed by atoms with Gasteiger partial charge in [0.2, 0.25) is 5.88 Å². The quantitative estimate of drug-likeness (QED) is 0.806. The van der Waals surface area contributed by atoms with Crippen molar-refractivity contribution in [2.75, 3.05) is 0 Å². The molecule has 1 aromatic rings. The molecule has 2 aliphatic rings. The van der Waals surface area contributed by atoms with Crippen molar-refractivity contribution in [1.29, 1.82) is 0 Å². The normalized spacial score (nSPS) is 24.3. The first-order valence-electron chi connectivity index (χ1n) is 9.67. The number of alkyl halides is 3. The summed E-state index contributed by atoms with van der Waals surface area (Å²) in [7, 11) is 0. The summed E-state index contributed by atoms with van der Waals surface area (Å²) in [5.74, 6) is 0.203. The van der Waals surface area contributed by atoms with Gasteiger partial charge in [-0.05, 0) is 44.6 Å². The molecule has 0 atom stereocenters. The van der Waals surface area contributed by atoms with E-state index >= 15 is 0 Å². The number of halogens is 3. The zero-order valence-electron chi connectivity index (χ0n) is 15.2. The van der Waals surface area contributed by atoms with E-state index in [1.807, 2.05) is 0 Å². The smallest absolute Gasteiger partial charge is 0.417 e. The SMILES string of the molecule is O=C(NC1CCCCC1)NC1CCC(Oc2ccc(C(F)(F)F)cn2)CC1. The maximum atomic E-state index is 12.6. The molecule has 5 nitrogen and oxygen atoms in total. The van der Waals surface area contributed by atoms with E-state index in [1.54, 1.807) is 0 Å². The molecule has 2 amide bonds. The Morgan fingerprint density at radius 3 is 2.15 bits per heavy atom. The fraction of sp³-hybridized carbons (Fsp3) is 0.684. The number of hydrogen-bond acceptors (Lipinski definition) is 3. The number of urea groups is 1. The molecule has 0 unspecified atom stereocenters. The molecule has 1 aromatic heterocycles. The van der Waals surface area contributed by atoms with Crippen LogP contribution in [0.25, 0.3) is 0 Å². The number of nitrogens with one attached hydrogen (secondary N) is 2. The Kier molecular flexibility index (Phi) is 6.44. The fourth-order valence-electron chi connectivity index (χ4n) is 3.77. The summed E-state index contributed by atoms with van der Waals surface area (Å²) in [6.07, 6.45) is 5.03. The van der Waals surface area contributed by atoms with E-state index in [9.17, 15) is 18.0 Å². The minimum atomic E-state index is -4.40. The van der Waals surface area contributed by atoms with Crippen LogP contribution in [0.3, 0.4) is 0 Å². The summed E-state index contributed by atoms with van der Waals surface area (Å²) < 4.78 is 43.4. The Balaban J connectivity index is 1.39. The van der Waals surface area contributed by atoms with Crippen molar-refractivity contribution in [3.63, 3.8) is 0 Å². The van der Waals surface area contributed by atoms with Crippen molar-refractivity contribution >= 4 is 6.03 Å². The lowest BCUT2D eigenvalue weighted by Crippen LogP contribution is -2.48. The van der Waals surface area contributed by atoms with Crippen LogP contribution in [-0.2, 0) is 6.18 Å².